The smallest absolute Gasteiger partial charge is 0.119 e. The molecule has 1 aromatic carbocycles. The molecular weight excluding hydrogens is 234 g/mol. The van der Waals surface area contributed by atoms with Gasteiger partial charge in [-0.3, -0.25) is 0 Å². The summed E-state index contributed by atoms with van der Waals surface area (Å²) in [5.74, 6) is 0.695. The van der Waals surface area contributed by atoms with Crippen molar-refractivity contribution < 1.29 is 4.74 Å². The van der Waals surface area contributed by atoms with Crippen molar-refractivity contribution in [2.45, 2.75) is 26.8 Å². The highest BCUT2D eigenvalue weighted by atomic mass is 35.5. The first-order valence-electron chi connectivity index (χ1n) is 6.00. The molecule has 0 fully saturated rings. The summed E-state index contributed by atoms with van der Waals surface area (Å²) in [7, 11) is 0. The maximum Gasteiger partial charge on any atom is 0.119 e. The lowest BCUT2D eigenvalue weighted by molar-refractivity contribution is 0.299. The lowest BCUT2D eigenvalue weighted by atomic mass is 10.1. The van der Waals surface area contributed by atoms with E-state index in [9.17, 15) is 0 Å². The molecule has 0 unspecified atom stereocenters. The minimum Gasteiger partial charge on any atom is -0.494 e. The minimum absolute atomic E-state index is 0.630. The Hall–Kier alpha value is -0.990. The molecule has 0 aliphatic heterocycles. The highest BCUT2D eigenvalue weighted by Gasteiger charge is 2.05. The second kappa shape index (κ2) is 7.36. The Labute approximate surface area is 109 Å². The highest BCUT2D eigenvalue weighted by molar-refractivity contribution is 6.31. The zero-order valence-electron chi connectivity index (χ0n) is 10.6. The van der Waals surface area contributed by atoms with Crippen molar-refractivity contribution in [2.24, 2.45) is 0 Å². The maximum atomic E-state index is 6.15. The van der Waals surface area contributed by atoms with E-state index in [1.54, 1.807) is 0 Å². The monoisotopic (exact) mass is 253 g/mol. The maximum absolute atomic E-state index is 6.15. The molecule has 0 spiro atoms. The standard InChI is InChI=1S/C14H20ClNO/c1-4-8-16-10-13-9-12(6-7-14(13)15)11(3)17-5-2/h6-7,9,16H,3-5,8,10H2,1-2H3. The van der Waals surface area contributed by atoms with Gasteiger partial charge >= 0.3 is 0 Å². The summed E-state index contributed by atoms with van der Waals surface area (Å²) in [5, 5.41) is 4.11. The third-order valence-electron chi connectivity index (χ3n) is 2.43. The second-order valence-corrected chi connectivity index (χ2v) is 4.25. The summed E-state index contributed by atoms with van der Waals surface area (Å²) in [6.07, 6.45) is 1.11. The molecule has 0 bridgehead atoms. The van der Waals surface area contributed by atoms with Crippen LogP contribution in [0.2, 0.25) is 5.02 Å². The average Bonchev–Trinajstić information content (AvgIpc) is 2.32. The molecule has 2 nitrogen and oxygen atoms in total. The summed E-state index contributed by atoms with van der Waals surface area (Å²) in [6, 6.07) is 5.86. The van der Waals surface area contributed by atoms with E-state index in [1.807, 2.05) is 25.1 Å². The summed E-state index contributed by atoms with van der Waals surface area (Å²) in [6.45, 7) is 10.4. The van der Waals surface area contributed by atoms with Gasteiger partial charge in [-0.05, 0) is 43.7 Å². The predicted molar refractivity (Wildman–Crippen MR) is 74.1 cm³/mol. The Balaban J connectivity index is 2.75. The van der Waals surface area contributed by atoms with Gasteiger partial charge in [0.25, 0.3) is 0 Å². The minimum atomic E-state index is 0.630. The van der Waals surface area contributed by atoms with E-state index >= 15 is 0 Å². The van der Waals surface area contributed by atoms with Gasteiger partial charge in [-0.15, -0.1) is 0 Å². The summed E-state index contributed by atoms with van der Waals surface area (Å²) >= 11 is 6.15. The van der Waals surface area contributed by atoms with Crippen LogP contribution in [0.15, 0.2) is 24.8 Å². The van der Waals surface area contributed by atoms with Gasteiger partial charge in [-0.2, -0.15) is 0 Å². The lowest BCUT2D eigenvalue weighted by Gasteiger charge is -2.11. The number of rotatable bonds is 7. The van der Waals surface area contributed by atoms with Crippen LogP contribution in [0.5, 0.6) is 0 Å². The molecule has 1 N–H and O–H groups in total. The molecule has 0 aromatic heterocycles. The molecule has 1 aromatic rings. The first-order valence-corrected chi connectivity index (χ1v) is 6.38. The summed E-state index contributed by atoms with van der Waals surface area (Å²) in [4.78, 5) is 0. The Kier molecular flexibility index (Phi) is 6.09. The zero-order valence-corrected chi connectivity index (χ0v) is 11.3. The SMILES string of the molecule is C=C(OCC)c1ccc(Cl)c(CNCCC)c1. The van der Waals surface area contributed by atoms with Crippen molar-refractivity contribution in [3.8, 4) is 0 Å². The quantitative estimate of drug-likeness (QED) is 0.589. The van der Waals surface area contributed by atoms with E-state index in [0.29, 0.717) is 12.4 Å². The molecule has 1 rings (SSSR count). The predicted octanol–water partition coefficient (Wildman–Crippen LogP) is 3.85. The van der Waals surface area contributed by atoms with Gasteiger partial charge in [-0.1, -0.05) is 25.1 Å². The summed E-state index contributed by atoms with van der Waals surface area (Å²) < 4.78 is 5.39. The van der Waals surface area contributed by atoms with Gasteiger partial charge < -0.3 is 10.1 Å². The molecular formula is C14H20ClNO. The molecule has 0 aliphatic carbocycles. The van der Waals surface area contributed by atoms with Crippen LogP contribution in [0, 0.1) is 0 Å². The van der Waals surface area contributed by atoms with E-state index < -0.39 is 0 Å². The third-order valence-corrected chi connectivity index (χ3v) is 2.80. The molecule has 94 valence electrons. The van der Waals surface area contributed by atoms with Crippen LogP contribution in [-0.4, -0.2) is 13.2 Å². The van der Waals surface area contributed by atoms with Crippen LogP contribution < -0.4 is 5.32 Å². The molecule has 0 radical (unpaired) electrons. The highest BCUT2D eigenvalue weighted by Crippen LogP contribution is 2.22. The third kappa shape index (κ3) is 4.41. The van der Waals surface area contributed by atoms with E-state index in [1.165, 1.54) is 0 Å². The van der Waals surface area contributed by atoms with Crippen molar-refractivity contribution in [1.82, 2.24) is 5.32 Å². The number of halogens is 1. The Morgan fingerprint density at radius 3 is 2.82 bits per heavy atom. The van der Waals surface area contributed by atoms with Gasteiger partial charge in [0.15, 0.2) is 0 Å². The molecule has 0 atom stereocenters. The van der Waals surface area contributed by atoms with Crippen LogP contribution in [0.25, 0.3) is 5.76 Å². The van der Waals surface area contributed by atoms with Crippen LogP contribution in [-0.2, 0) is 11.3 Å². The molecule has 17 heavy (non-hydrogen) atoms. The second-order valence-electron chi connectivity index (χ2n) is 3.84. The first-order chi connectivity index (χ1) is 8.19. The van der Waals surface area contributed by atoms with E-state index in [0.717, 1.165) is 35.7 Å². The van der Waals surface area contributed by atoms with Gasteiger partial charge in [0.05, 0.1) is 6.61 Å². The molecule has 0 amide bonds. The van der Waals surface area contributed by atoms with Gasteiger partial charge in [0.1, 0.15) is 5.76 Å². The topological polar surface area (TPSA) is 21.3 Å². The number of hydrogen-bond donors (Lipinski definition) is 1. The van der Waals surface area contributed by atoms with E-state index in [4.69, 9.17) is 16.3 Å². The molecule has 0 heterocycles. The van der Waals surface area contributed by atoms with Crippen molar-refractivity contribution >= 4 is 17.4 Å². The number of benzene rings is 1. The van der Waals surface area contributed by atoms with Crippen molar-refractivity contribution in [1.29, 1.82) is 0 Å². The van der Waals surface area contributed by atoms with E-state index in [2.05, 4.69) is 18.8 Å². The molecule has 0 aliphatic rings. The van der Waals surface area contributed by atoms with Crippen LogP contribution in [0.1, 0.15) is 31.4 Å². The zero-order chi connectivity index (χ0) is 12.7. The van der Waals surface area contributed by atoms with Gasteiger partial charge in [-0.25, -0.2) is 0 Å². The van der Waals surface area contributed by atoms with Crippen LogP contribution in [0.4, 0.5) is 0 Å². The Morgan fingerprint density at radius 2 is 2.18 bits per heavy atom. The Bertz CT molecular complexity index is 376. The van der Waals surface area contributed by atoms with Crippen molar-refractivity contribution in [2.75, 3.05) is 13.2 Å². The number of nitrogens with one attached hydrogen (secondary N) is 1. The summed E-state index contributed by atoms with van der Waals surface area (Å²) in [5.41, 5.74) is 2.07. The first kappa shape index (κ1) is 14.1. The molecule has 0 saturated heterocycles. The van der Waals surface area contributed by atoms with Gasteiger partial charge in [0, 0.05) is 17.1 Å². The van der Waals surface area contributed by atoms with Gasteiger partial charge in [0.2, 0.25) is 0 Å². The largest absolute Gasteiger partial charge is 0.494 e. The fraction of sp³-hybridized carbons (Fsp3) is 0.429. The van der Waals surface area contributed by atoms with E-state index in [-0.39, 0.29) is 0 Å². The van der Waals surface area contributed by atoms with Crippen molar-refractivity contribution in [3.63, 3.8) is 0 Å². The fourth-order valence-corrected chi connectivity index (χ4v) is 1.73. The fourth-order valence-electron chi connectivity index (χ4n) is 1.54. The number of ether oxygens (including phenoxy) is 1. The molecule has 3 heteroatoms. The normalized spacial score (nSPS) is 10.3. The van der Waals surface area contributed by atoms with Crippen LogP contribution >= 0.6 is 11.6 Å². The lowest BCUT2D eigenvalue weighted by Crippen LogP contribution is -2.14. The number of hydrogen-bond acceptors (Lipinski definition) is 2. The molecule has 0 saturated carbocycles. The van der Waals surface area contributed by atoms with Crippen LogP contribution in [0.3, 0.4) is 0 Å². The Morgan fingerprint density at radius 1 is 1.41 bits per heavy atom. The average molecular weight is 254 g/mol. The van der Waals surface area contributed by atoms with Crippen molar-refractivity contribution in [3.05, 3.63) is 40.9 Å².